The van der Waals surface area contributed by atoms with Crippen molar-refractivity contribution in [3.8, 4) is 28.1 Å². The van der Waals surface area contributed by atoms with Crippen LogP contribution in [0.1, 0.15) is 52.4 Å². The average molecular weight is 431 g/mol. The van der Waals surface area contributed by atoms with Crippen LogP contribution in [-0.2, 0) is 0 Å². The number of benzene rings is 1. The second kappa shape index (κ2) is 7.04. The van der Waals surface area contributed by atoms with Gasteiger partial charge in [-0.05, 0) is 82.2 Å². The van der Waals surface area contributed by atoms with Gasteiger partial charge in [-0.15, -0.1) is 10.2 Å². The van der Waals surface area contributed by atoms with Gasteiger partial charge in [0.1, 0.15) is 5.75 Å². The molecule has 2 bridgehead atoms. The number of phenolic OH excluding ortho intramolecular Hbond substituents is 1. The Kier molecular flexibility index (Phi) is 4.34. The first-order chi connectivity index (χ1) is 15.4. The molecular formula is C25H30N6O. The summed E-state index contributed by atoms with van der Waals surface area (Å²) < 4.78 is 0. The molecule has 3 N–H and O–H groups in total. The van der Waals surface area contributed by atoms with E-state index in [1.54, 1.807) is 12.3 Å². The zero-order chi connectivity index (χ0) is 21.9. The molecule has 2 aliphatic heterocycles. The van der Waals surface area contributed by atoms with E-state index in [1.165, 1.54) is 25.7 Å². The van der Waals surface area contributed by atoms with Crippen LogP contribution < -0.4 is 10.2 Å². The minimum Gasteiger partial charge on any atom is -0.507 e. The molecule has 3 fully saturated rings. The topological polar surface area (TPSA) is 90.0 Å². The van der Waals surface area contributed by atoms with Gasteiger partial charge in [0, 0.05) is 40.5 Å². The van der Waals surface area contributed by atoms with Crippen LogP contribution in [0.3, 0.4) is 0 Å². The summed E-state index contributed by atoms with van der Waals surface area (Å²) in [6.07, 6.45) is 10.8. The molecule has 0 radical (unpaired) electrons. The molecule has 1 aliphatic carbocycles. The van der Waals surface area contributed by atoms with E-state index >= 15 is 0 Å². The first-order valence-electron chi connectivity index (χ1n) is 11.7. The normalized spacial score (nSPS) is 29.2. The van der Waals surface area contributed by atoms with Crippen molar-refractivity contribution in [3.63, 3.8) is 0 Å². The van der Waals surface area contributed by atoms with Crippen LogP contribution in [0.25, 0.3) is 22.4 Å². The summed E-state index contributed by atoms with van der Waals surface area (Å²) in [5, 5.41) is 30.5. The molecule has 0 amide bonds. The summed E-state index contributed by atoms with van der Waals surface area (Å²) in [4.78, 5) is 2.54. The second-order valence-electron chi connectivity index (χ2n) is 10.4. The van der Waals surface area contributed by atoms with E-state index in [4.69, 9.17) is 0 Å². The maximum Gasteiger partial charge on any atom is 0.151 e. The Labute approximate surface area is 188 Å². The van der Waals surface area contributed by atoms with Crippen LogP contribution in [0.2, 0.25) is 0 Å². The molecule has 1 saturated carbocycles. The third-order valence-corrected chi connectivity index (χ3v) is 7.56. The summed E-state index contributed by atoms with van der Waals surface area (Å²) >= 11 is 0. The molecule has 6 rings (SSSR count). The van der Waals surface area contributed by atoms with Crippen LogP contribution in [0.15, 0.2) is 42.7 Å². The smallest absolute Gasteiger partial charge is 0.151 e. The zero-order valence-electron chi connectivity index (χ0n) is 18.7. The molecule has 2 aromatic heterocycles. The Morgan fingerprint density at radius 2 is 1.75 bits per heavy atom. The van der Waals surface area contributed by atoms with Crippen LogP contribution in [-0.4, -0.2) is 48.7 Å². The zero-order valence-corrected chi connectivity index (χ0v) is 18.7. The van der Waals surface area contributed by atoms with Crippen molar-refractivity contribution in [1.29, 1.82) is 0 Å². The fourth-order valence-corrected chi connectivity index (χ4v) is 5.99. The Morgan fingerprint density at radius 3 is 2.34 bits per heavy atom. The van der Waals surface area contributed by atoms with Crippen molar-refractivity contribution in [2.24, 2.45) is 0 Å². The number of aromatic hydroxyl groups is 1. The highest BCUT2D eigenvalue weighted by Crippen LogP contribution is 2.46. The molecule has 0 unspecified atom stereocenters. The van der Waals surface area contributed by atoms with Crippen LogP contribution in [0.5, 0.6) is 5.75 Å². The molecule has 1 aromatic carbocycles. The molecule has 3 aliphatic rings. The van der Waals surface area contributed by atoms with Crippen molar-refractivity contribution >= 4 is 5.82 Å². The highest BCUT2D eigenvalue weighted by atomic mass is 16.3. The Morgan fingerprint density at radius 1 is 0.969 bits per heavy atom. The lowest BCUT2D eigenvalue weighted by Crippen LogP contribution is -2.59. The van der Waals surface area contributed by atoms with Crippen LogP contribution >= 0.6 is 0 Å². The average Bonchev–Trinajstić information content (AvgIpc) is 3.37. The molecule has 7 nitrogen and oxygen atoms in total. The van der Waals surface area contributed by atoms with Crippen molar-refractivity contribution in [3.05, 3.63) is 42.7 Å². The molecule has 7 heteroatoms. The Hall–Kier alpha value is -2.93. The largest absolute Gasteiger partial charge is 0.507 e. The molecule has 0 spiro atoms. The maximum atomic E-state index is 10.6. The van der Waals surface area contributed by atoms with Gasteiger partial charge in [0.15, 0.2) is 5.82 Å². The minimum atomic E-state index is 0.195. The van der Waals surface area contributed by atoms with Gasteiger partial charge in [0.05, 0.1) is 11.9 Å². The van der Waals surface area contributed by atoms with Crippen LogP contribution in [0.4, 0.5) is 5.82 Å². The van der Waals surface area contributed by atoms with Crippen LogP contribution in [0, 0.1) is 0 Å². The van der Waals surface area contributed by atoms with Gasteiger partial charge < -0.3 is 15.3 Å². The summed E-state index contributed by atoms with van der Waals surface area (Å²) in [6, 6.07) is 10.8. The number of hydrogen-bond donors (Lipinski definition) is 3. The number of fused-ring (bicyclic) bond motifs is 2. The molecule has 2 saturated heterocycles. The van der Waals surface area contributed by atoms with E-state index in [2.05, 4.69) is 50.5 Å². The van der Waals surface area contributed by atoms with Crippen molar-refractivity contribution in [2.75, 3.05) is 4.90 Å². The predicted octanol–water partition coefficient (Wildman–Crippen LogP) is 4.27. The third-order valence-electron chi connectivity index (χ3n) is 7.56. The lowest BCUT2D eigenvalue weighted by Gasteiger charge is -2.46. The monoisotopic (exact) mass is 430 g/mol. The summed E-state index contributed by atoms with van der Waals surface area (Å²) in [6.45, 7) is 4.75. The number of aromatic amines is 1. The number of anilines is 1. The number of piperidine rings is 1. The standard InChI is InChI=1S/C25H30N6O/c1-24-9-10-25(2,30-24)13-19(12-24)31(18-4-5-18)23-8-7-21(28-29-23)20-6-3-16(11-22(20)32)17-14-26-27-15-17/h3,6-8,11,14-15,18-19,30,32H,4-5,9-10,12-13H2,1-2H3,(H,26,27)/t19-,24-,25+. The van der Waals surface area contributed by atoms with Crippen molar-refractivity contribution < 1.29 is 5.11 Å². The van der Waals surface area contributed by atoms with Gasteiger partial charge in [0.25, 0.3) is 0 Å². The SMILES string of the molecule is C[C@]12CC[C@](C)(C[C@@H](N(c3ccc(-c4ccc(-c5cn[nH]c5)cc4O)nn3)C3CC3)C1)N2. The highest BCUT2D eigenvalue weighted by molar-refractivity contribution is 5.73. The van der Waals surface area contributed by atoms with Gasteiger partial charge in [-0.3, -0.25) is 5.10 Å². The van der Waals surface area contributed by atoms with Gasteiger partial charge in [-0.2, -0.15) is 5.10 Å². The molecular weight excluding hydrogens is 400 g/mol. The molecule has 3 aromatic rings. The summed E-state index contributed by atoms with van der Waals surface area (Å²) in [5.74, 6) is 1.16. The highest BCUT2D eigenvalue weighted by Gasteiger charge is 2.51. The number of hydrogen-bond acceptors (Lipinski definition) is 6. The molecule has 32 heavy (non-hydrogen) atoms. The van der Waals surface area contributed by atoms with Crippen molar-refractivity contribution in [1.82, 2.24) is 25.7 Å². The number of rotatable bonds is 5. The van der Waals surface area contributed by atoms with Gasteiger partial charge >= 0.3 is 0 Å². The molecule has 166 valence electrons. The quantitative estimate of drug-likeness (QED) is 0.560. The summed E-state index contributed by atoms with van der Waals surface area (Å²) in [5.41, 5.74) is 3.67. The Bertz CT molecular complexity index is 1110. The summed E-state index contributed by atoms with van der Waals surface area (Å²) in [7, 11) is 0. The second-order valence-corrected chi connectivity index (χ2v) is 10.4. The van der Waals surface area contributed by atoms with Gasteiger partial charge in [-0.25, -0.2) is 0 Å². The fraction of sp³-hybridized carbons (Fsp3) is 0.480. The van der Waals surface area contributed by atoms with E-state index in [-0.39, 0.29) is 16.8 Å². The Balaban J connectivity index is 1.27. The predicted molar refractivity (Wildman–Crippen MR) is 124 cm³/mol. The maximum absolute atomic E-state index is 10.6. The third kappa shape index (κ3) is 3.45. The number of nitrogens with one attached hydrogen (secondary N) is 2. The molecule has 4 heterocycles. The van der Waals surface area contributed by atoms with E-state index < -0.39 is 0 Å². The number of aromatic nitrogens is 4. The van der Waals surface area contributed by atoms with Gasteiger partial charge in [-0.1, -0.05) is 6.07 Å². The van der Waals surface area contributed by atoms with E-state index in [1.807, 2.05) is 24.4 Å². The fourth-order valence-electron chi connectivity index (χ4n) is 5.99. The first kappa shape index (κ1) is 19.7. The van der Waals surface area contributed by atoms with Gasteiger partial charge in [0.2, 0.25) is 0 Å². The first-order valence-corrected chi connectivity index (χ1v) is 11.7. The van der Waals surface area contributed by atoms with E-state index in [0.717, 1.165) is 29.8 Å². The number of H-pyrrole nitrogens is 1. The lowest BCUT2D eigenvalue weighted by molar-refractivity contribution is 0.203. The number of nitrogens with zero attached hydrogens (tertiary/aromatic N) is 4. The minimum absolute atomic E-state index is 0.195. The van der Waals surface area contributed by atoms with E-state index in [9.17, 15) is 5.11 Å². The number of phenols is 1. The lowest BCUT2D eigenvalue weighted by atomic mass is 9.84. The molecule has 3 atom stereocenters. The van der Waals surface area contributed by atoms with Crippen molar-refractivity contribution in [2.45, 2.75) is 75.5 Å². The van der Waals surface area contributed by atoms with E-state index in [0.29, 0.717) is 23.3 Å².